The molecule has 0 spiro atoms. The molecule has 3 rings (SSSR count). The number of hydrogen-bond acceptors (Lipinski definition) is 4. The number of para-hydroxylation sites is 3. The van der Waals surface area contributed by atoms with Crippen LogP contribution in [0.4, 0.5) is 21.9 Å². The van der Waals surface area contributed by atoms with Gasteiger partial charge in [-0.25, -0.2) is 4.79 Å². The third-order valence-corrected chi connectivity index (χ3v) is 4.57. The normalized spacial score (nSPS) is 10.5. The molecule has 140 valence electrons. The number of nitrogens with zero attached hydrogens (tertiary/aromatic N) is 3. The highest BCUT2D eigenvalue weighted by molar-refractivity contribution is 5.94. The molecule has 2 aromatic carbocycles. The van der Waals surface area contributed by atoms with E-state index in [1.54, 1.807) is 11.9 Å². The van der Waals surface area contributed by atoms with E-state index in [0.29, 0.717) is 6.54 Å². The second-order valence-electron chi connectivity index (χ2n) is 6.50. The molecule has 0 saturated carbocycles. The van der Waals surface area contributed by atoms with E-state index in [9.17, 15) is 4.79 Å². The van der Waals surface area contributed by atoms with Crippen molar-refractivity contribution in [3.8, 4) is 0 Å². The lowest BCUT2D eigenvalue weighted by Crippen LogP contribution is -2.31. The minimum Gasteiger partial charge on any atom is -0.361 e. The largest absolute Gasteiger partial charge is 0.361 e. The summed E-state index contributed by atoms with van der Waals surface area (Å²) in [5.74, 6) is 0.733. The van der Waals surface area contributed by atoms with Crippen LogP contribution in [0.5, 0.6) is 0 Å². The van der Waals surface area contributed by atoms with Gasteiger partial charge in [0.1, 0.15) is 5.76 Å². The predicted octanol–water partition coefficient (Wildman–Crippen LogP) is 4.72. The molecule has 1 N–H and O–H groups in total. The summed E-state index contributed by atoms with van der Waals surface area (Å²) in [4.78, 5) is 16.4. The molecular weight excluding hydrogens is 340 g/mol. The summed E-state index contributed by atoms with van der Waals surface area (Å²) in [6.07, 6.45) is 0. The number of rotatable bonds is 5. The van der Waals surface area contributed by atoms with Crippen LogP contribution in [0.3, 0.4) is 0 Å². The van der Waals surface area contributed by atoms with Crippen molar-refractivity contribution in [1.82, 2.24) is 10.1 Å². The van der Waals surface area contributed by atoms with Gasteiger partial charge >= 0.3 is 6.03 Å². The number of carbonyl (C=O) groups excluding carboxylic acids is 1. The summed E-state index contributed by atoms with van der Waals surface area (Å²) in [6, 6.07) is 17.6. The molecular formula is C21H24N4O2. The Morgan fingerprint density at radius 3 is 2.37 bits per heavy atom. The topological polar surface area (TPSA) is 61.6 Å². The van der Waals surface area contributed by atoms with Gasteiger partial charge in [-0.05, 0) is 38.1 Å². The average Bonchev–Trinajstić information content (AvgIpc) is 3.00. The van der Waals surface area contributed by atoms with Gasteiger partial charge < -0.3 is 19.6 Å². The monoisotopic (exact) mass is 364 g/mol. The molecule has 0 aliphatic rings. The maximum Gasteiger partial charge on any atom is 0.321 e. The minimum absolute atomic E-state index is 0.191. The molecule has 0 aliphatic heterocycles. The molecule has 6 nitrogen and oxygen atoms in total. The van der Waals surface area contributed by atoms with Crippen LogP contribution in [-0.2, 0) is 6.54 Å². The van der Waals surface area contributed by atoms with E-state index in [0.717, 1.165) is 34.1 Å². The Hall–Kier alpha value is -3.28. The van der Waals surface area contributed by atoms with E-state index >= 15 is 0 Å². The molecule has 0 saturated heterocycles. The number of carbonyl (C=O) groups is 1. The van der Waals surface area contributed by atoms with Crippen molar-refractivity contribution in [2.24, 2.45) is 0 Å². The molecule has 0 bridgehead atoms. The first-order valence-corrected chi connectivity index (χ1v) is 8.79. The van der Waals surface area contributed by atoms with Crippen LogP contribution in [0, 0.1) is 13.8 Å². The summed E-state index contributed by atoms with van der Waals surface area (Å²) >= 11 is 0. The van der Waals surface area contributed by atoms with Gasteiger partial charge in [0, 0.05) is 25.3 Å². The highest BCUT2D eigenvalue weighted by Crippen LogP contribution is 2.30. The lowest BCUT2D eigenvalue weighted by molar-refractivity contribution is 0.220. The molecule has 0 atom stereocenters. The standard InChI is InChI=1S/C21H24N4O2/c1-15-18(16(2)27-23-15)14-24(3)21(26)22-19-12-8-9-13-20(19)25(4)17-10-6-5-7-11-17/h5-13H,14H2,1-4H3,(H,22,26). The maximum atomic E-state index is 12.7. The molecule has 0 fully saturated rings. The van der Waals surface area contributed by atoms with Gasteiger partial charge in [-0.2, -0.15) is 0 Å². The molecule has 3 aromatic rings. The highest BCUT2D eigenvalue weighted by atomic mass is 16.5. The summed E-state index contributed by atoms with van der Waals surface area (Å²) in [5, 5.41) is 6.95. The Balaban J connectivity index is 1.76. The van der Waals surface area contributed by atoms with E-state index in [1.165, 1.54) is 0 Å². The number of aromatic nitrogens is 1. The first-order valence-electron chi connectivity index (χ1n) is 8.79. The number of hydrogen-bond donors (Lipinski definition) is 1. The van der Waals surface area contributed by atoms with Crippen LogP contribution in [0.1, 0.15) is 17.0 Å². The van der Waals surface area contributed by atoms with E-state index in [-0.39, 0.29) is 6.03 Å². The van der Waals surface area contributed by atoms with E-state index in [1.807, 2.05) is 80.4 Å². The van der Waals surface area contributed by atoms with Crippen molar-refractivity contribution in [3.05, 3.63) is 71.6 Å². The summed E-state index contributed by atoms with van der Waals surface area (Å²) < 4.78 is 5.18. The zero-order chi connectivity index (χ0) is 19.4. The second kappa shape index (κ2) is 7.95. The van der Waals surface area contributed by atoms with Crippen molar-refractivity contribution in [2.45, 2.75) is 20.4 Å². The van der Waals surface area contributed by atoms with Crippen molar-refractivity contribution < 1.29 is 9.32 Å². The average molecular weight is 364 g/mol. The summed E-state index contributed by atoms with van der Waals surface area (Å²) in [7, 11) is 3.73. The van der Waals surface area contributed by atoms with Crippen LogP contribution < -0.4 is 10.2 Å². The third kappa shape index (κ3) is 4.11. The maximum absolute atomic E-state index is 12.7. The zero-order valence-electron chi connectivity index (χ0n) is 16.1. The number of urea groups is 1. The highest BCUT2D eigenvalue weighted by Gasteiger charge is 2.17. The lowest BCUT2D eigenvalue weighted by atomic mass is 10.2. The number of nitrogens with one attached hydrogen (secondary N) is 1. The molecule has 2 amide bonds. The molecule has 0 unspecified atom stereocenters. The minimum atomic E-state index is -0.191. The van der Waals surface area contributed by atoms with Gasteiger partial charge in [0.15, 0.2) is 0 Å². The van der Waals surface area contributed by atoms with Gasteiger partial charge in [-0.15, -0.1) is 0 Å². The van der Waals surface area contributed by atoms with Crippen LogP contribution in [0.25, 0.3) is 0 Å². The van der Waals surface area contributed by atoms with Crippen LogP contribution in [0.2, 0.25) is 0 Å². The van der Waals surface area contributed by atoms with Gasteiger partial charge in [-0.1, -0.05) is 35.5 Å². The fourth-order valence-corrected chi connectivity index (χ4v) is 2.91. The second-order valence-corrected chi connectivity index (χ2v) is 6.50. The van der Waals surface area contributed by atoms with Crippen LogP contribution in [0.15, 0.2) is 59.1 Å². The van der Waals surface area contributed by atoms with E-state index in [2.05, 4.69) is 10.5 Å². The van der Waals surface area contributed by atoms with Crippen molar-refractivity contribution in [2.75, 3.05) is 24.3 Å². The number of anilines is 3. The SMILES string of the molecule is Cc1noc(C)c1CN(C)C(=O)Nc1ccccc1N(C)c1ccccc1. The van der Waals surface area contributed by atoms with Gasteiger partial charge in [0.25, 0.3) is 0 Å². The number of benzene rings is 2. The molecule has 27 heavy (non-hydrogen) atoms. The van der Waals surface area contributed by atoms with Crippen molar-refractivity contribution in [1.29, 1.82) is 0 Å². The van der Waals surface area contributed by atoms with Crippen molar-refractivity contribution >= 4 is 23.1 Å². The van der Waals surface area contributed by atoms with Gasteiger partial charge in [0.05, 0.1) is 23.6 Å². The number of aryl methyl sites for hydroxylation is 2. The van der Waals surface area contributed by atoms with Gasteiger partial charge in [-0.3, -0.25) is 0 Å². The third-order valence-electron chi connectivity index (χ3n) is 4.57. The Kier molecular flexibility index (Phi) is 5.45. The summed E-state index contributed by atoms with van der Waals surface area (Å²) in [6.45, 7) is 4.16. The molecule has 0 aliphatic carbocycles. The number of amides is 2. The fraction of sp³-hybridized carbons (Fsp3) is 0.238. The quantitative estimate of drug-likeness (QED) is 0.711. The molecule has 0 radical (unpaired) electrons. The van der Waals surface area contributed by atoms with E-state index < -0.39 is 0 Å². The lowest BCUT2D eigenvalue weighted by Gasteiger charge is -2.24. The van der Waals surface area contributed by atoms with E-state index in [4.69, 9.17) is 4.52 Å². The Morgan fingerprint density at radius 2 is 1.70 bits per heavy atom. The molecule has 6 heteroatoms. The van der Waals surface area contributed by atoms with Gasteiger partial charge in [0.2, 0.25) is 0 Å². The smallest absolute Gasteiger partial charge is 0.321 e. The molecule has 1 aromatic heterocycles. The Morgan fingerprint density at radius 1 is 1.04 bits per heavy atom. The zero-order valence-corrected chi connectivity index (χ0v) is 16.1. The fourth-order valence-electron chi connectivity index (χ4n) is 2.91. The first-order chi connectivity index (χ1) is 13.0. The predicted molar refractivity (Wildman–Crippen MR) is 107 cm³/mol. The van der Waals surface area contributed by atoms with Crippen LogP contribution in [-0.4, -0.2) is 30.2 Å². The first kappa shape index (κ1) is 18.5. The Bertz CT molecular complexity index is 901. The van der Waals surface area contributed by atoms with Crippen molar-refractivity contribution in [3.63, 3.8) is 0 Å². The molecule has 1 heterocycles. The summed E-state index contributed by atoms with van der Waals surface area (Å²) in [5.41, 5.74) is 4.45. The van der Waals surface area contributed by atoms with Crippen LogP contribution >= 0.6 is 0 Å². The Labute approximate surface area is 159 Å².